The van der Waals surface area contributed by atoms with Crippen LogP contribution in [0.25, 0.3) is 0 Å². The second-order valence-corrected chi connectivity index (χ2v) is 5.92. The molecule has 0 unspecified atom stereocenters. The third-order valence-corrected chi connectivity index (χ3v) is 4.09. The molecule has 0 fully saturated rings. The molecule has 0 aliphatic rings. The molecule has 4 heteroatoms. The minimum Gasteiger partial charge on any atom is -0.484 e. The lowest BCUT2D eigenvalue weighted by Gasteiger charge is -2.19. The number of amides is 1. The van der Waals surface area contributed by atoms with Gasteiger partial charge in [-0.1, -0.05) is 60.7 Å². The number of nitrogens with one attached hydrogen (secondary N) is 1. The van der Waals surface area contributed by atoms with Crippen molar-refractivity contribution >= 4 is 5.91 Å². The van der Waals surface area contributed by atoms with Crippen LogP contribution in [-0.4, -0.2) is 19.1 Å². The van der Waals surface area contributed by atoms with Gasteiger partial charge in [-0.05, 0) is 35.4 Å². The summed E-state index contributed by atoms with van der Waals surface area (Å²) in [7, 11) is 0. The fourth-order valence-electron chi connectivity index (χ4n) is 2.75. The smallest absolute Gasteiger partial charge is 0.257 e. The second-order valence-electron chi connectivity index (χ2n) is 5.92. The maximum Gasteiger partial charge on any atom is 0.257 e. The van der Waals surface area contributed by atoms with Gasteiger partial charge in [0.1, 0.15) is 11.6 Å². The summed E-state index contributed by atoms with van der Waals surface area (Å²) in [5, 5.41) is 2.92. The van der Waals surface area contributed by atoms with Gasteiger partial charge in [-0.2, -0.15) is 0 Å². The molecular formula is C22H20FNO2. The number of halogens is 1. The van der Waals surface area contributed by atoms with Gasteiger partial charge in [0.2, 0.25) is 0 Å². The molecule has 26 heavy (non-hydrogen) atoms. The van der Waals surface area contributed by atoms with Gasteiger partial charge in [0.05, 0.1) is 0 Å². The molecule has 0 heterocycles. The third kappa shape index (κ3) is 4.93. The van der Waals surface area contributed by atoms with Crippen LogP contribution in [-0.2, 0) is 4.79 Å². The molecule has 1 amide bonds. The maximum atomic E-state index is 12.9. The first-order valence-electron chi connectivity index (χ1n) is 8.47. The van der Waals surface area contributed by atoms with Crippen molar-refractivity contribution in [1.82, 2.24) is 5.32 Å². The molecule has 0 saturated heterocycles. The molecule has 3 aromatic carbocycles. The lowest BCUT2D eigenvalue weighted by Crippen LogP contribution is -2.32. The van der Waals surface area contributed by atoms with Crippen molar-refractivity contribution in [3.63, 3.8) is 0 Å². The largest absolute Gasteiger partial charge is 0.484 e. The first kappa shape index (κ1) is 17.7. The molecule has 0 spiro atoms. The topological polar surface area (TPSA) is 38.3 Å². The van der Waals surface area contributed by atoms with Gasteiger partial charge in [-0.3, -0.25) is 4.79 Å². The summed E-state index contributed by atoms with van der Waals surface area (Å²) in [6.45, 7) is 0.363. The molecule has 132 valence electrons. The van der Waals surface area contributed by atoms with E-state index < -0.39 is 0 Å². The van der Waals surface area contributed by atoms with Crippen LogP contribution in [0, 0.1) is 5.82 Å². The van der Waals surface area contributed by atoms with Gasteiger partial charge in [-0.25, -0.2) is 4.39 Å². The Labute approximate surface area is 152 Å². The van der Waals surface area contributed by atoms with E-state index in [2.05, 4.69) is 29.6 Å². The van der Waals surface area contributed by atoms with Gasteiger partial charge < -0.3 is 10.1 Å². The summed E-state index contributed by atoms with van der Waals surface area (Å²) < 4.78 is 18.3. The molecule has 3 aromatic rings. The Hall–Kier alpha value is -3.14. The minimum absolute atomic E-state index is 0.0622. The van der Waals surface area contributed by atoms with Gasteiger partial charge in [0.25, 0.3) is 5.91 Å². The Morgan fingerprint density at radius 2 is 1.38 bits per heavy atom. The van der Waals surface area contributed by atoms with Crippen molar-refractivity contribution in [1.29, 1.82) is 0 Å². The van der Waals surface area contributed by atoms with Crippen LogP contribution in [0.2, 0.25) is 0 Å². The number of rotatable bonds is 7. The summed E-state index contributed by atoms with van der Waals surface area (Å²) >= 11 is 0. The van der Waals surface area contributed by atoms with E-state index in [4.69, 9.17) is 4.74 Å². The summed E-state index contributed by atoms with van der Waals surface area (Å²) in [4.78, 5) is 12.1. The standard InChI is InChI=1S/C22H20FNO2/c23-19-11-13-20(14-12-19)26-16-22(25)24-15-21(17-7-3-1-4-8-17)18-9-5-2-6-10-18/h1-14,21H,15-16H2,(H,24,25). The molecule has 3 nitrogen and oxygen atoms in total. The van der Waals surface area contributed by atoms with Crippen LogP contribution < -0.4 is 10.1 Å². The molecule has 0 atom stereocenters. The Morgan fingerprint density at radius 1 is 0.846 bits per heavy atom. The predicted molar refractivity (Wildman–Crippen MR) is 99.6 cm³/mol. The van der Waals surface area contributed by atoms with Crippen molar-refractivity contribution in [2.45, 2.75) is 5.92 Å². The van der Waals surface area contributed by atoms with E-state index in [9.17, 15) is 9.18 Å². The highest BCUT2D eigenvalue weighted by Gasteiger charge is 2.15. The molecule has 0 aliphatic carbocycles. The molecule has 0 aromatic heterocycles. The average molecular weight is 349 g/mol. The number of benzene rings is 3. The van der Waals surface area contributed by atoms with Gasteiger partial charge in [0, 0.05) is 12.5 Å². The van der Waals surface area contributed by atoms with Crippen LogP contribution in [0.1, 0.15) is 17.0 Å². The van der Waals surface area contributed by atoms with Crippen molar-refractivity contribution in [3.8, 4) is 5.75 Å². The Balaban J connectivity index is 1.60. The maximum absolute atomic E-state index is 12.9. The van der Waals surface area contributed by atoms with Crippen LogP contribution in [0.3, 0.4) is 0 Å². The van der Waals surface area contributed by atoms with E-state index in [0.29, 0.717) is 12.3 Å². The Kier molecular flexibility index (Phi) is 5.99. The summed E-state index contributed by atoms with van der Waals surface area (Å²) in [5.74, 6) is -0.0297. The fourth-order valence-corrected chi connectivity index (χ4v) is 2.75. The third-order valence-electron chi connectivity index (χ3n) is 4.09. The zero-order chi connectivity index (χ0) is 18.2. The normalized spacial score (nSPS) is 10.5. The highest BCUT2D eigenvalue weighted by molar-refractivity contribution is 5.77. The predicted octanol–water partition coefficient (Wildman–Crippen LogP) is 4.15. The fraction of sp³-hybridized carbons (Fsp3) is 0.136. The van der Waals surface area contributed by atoms with E-state index in [1.165, 1.54) is 24.3 Å². The van der Waals surface area contributed by atoms with Crippen molar-refractivity contribution in [3.05, 3.63) is 102 Å². The Morgan fingerprint density at radius 3 is 1.92 bits per heavy atom. The van der Waals surface area contributed by atoms with Crippen molar-refractivity contribution < 1.29 is 13.9 Å². The van der Waals surface area contributed by atoms with E-state index in [-0.39, 0.29) is 24.2 Å². The molecule has 1 N–H and O–H groups in total. The van der Waals surface area contributed by atoms with E-state index in [1.54, 1.807) is 0 Å². The molecule has 0 radical (unpaired) electrons. The molecule has 3 rings (SSSR count). The molecule has 0 aliphatic heterocycles. The highest BCUT2D eigenvalue weighted by atomic mass is 19.1. The Bertz CT molecular complexity index is 780. The van der Waals surface area contributed by atoms with Crippen LogP contribution >= 0.6 is 0 Å². The number of carbonyl (C=O) groups excluding carboxylic acids is 1. The van der Waals surface area contributed by atoms with E-state index in [1.807, 2.05) is 36.4 Å². The van der Waals surface area contributed by atoms with E-state index >= 15 is 0 Å². The van der Waals surface area contributed by atoms with E-state index in [0.717, 1.165) is 11.1 Å². The van der Waals surface area contributed by atoms with Crippen LogP contribution in [0.5, 0.6) is 5.75 Å². The lowest BCUT2D eigenvalue weighted by molar-refractivity contribution is -0.123. The quantitative estimate of drug-likeness (QED) is 0.696. The van der Waals surface area contributed by atoms with Gasteiger partial charge >= 0.3 is 0 Å². The van der Waals surface area contributed by atoms with Crippen LogP contribution in [0.15, 0.2) is 84.9 Å². The number of hydrogen-bond donors (Lipinski definition) is 1. The molecular weight excluding hydrogens is 329 g/mol. The molecule has 0 bridgehead atoms. The molecule has 0 saturated carbocycles. The van der Waals surface area contributed by atoms with Gasteiger partial charge in [0.15, 0.2) is 6.61 Å². The number of hydrogen-bond acceptors (Lipinski definition) is 2. The average Bonchev–Trinajstić information content (AvgIpc) is 2.69. The monoisotopic (exact) mass is 349 g/mol. The summed E-state index contributed by atoms with van der Waals surface area (Å²) in [5.41, 5.74) is 2.27. The summed E-state index contributed by atoms with van der Waals surface area (Å²) in [6, 6.07) is 25.7. The zero-order valence-corrected chi connectivity index (χ0v) is 14.3. The minimum atomic E-state index is -0.338. The first-order valence-corrected chi connectivity index (χ1v) is 8.47. The summed E-state index contributed by atoms with van der Waals surface area (Å²) in [6.07, 6.45) is 0. The van der Waals surface area contributed by atoms with Gasteiger partial charge in [-0.15, -0.1) is 0 Å². The highest BCUT2D eigenvalue weighted by Crippen LogP contribution is 2.23. The first-order chi connectivity index (χ1) is 12.7. The van der Waals surface area contributed by atoms with Crippen LogP contribution in [0.4, 0.5) is 4.39 Å². The zero-order valence-electron chi connectivity index (χ0n) is 14.3. The second kappa shape index (κ2) is 8.81. The number of carbonyl (C=O) groups is 1. The van der Waals surface area contributed by atoms with Crippen molar-refractivity contribution in [2.24, 2.45) is 0 Å². The number of ether oxygens (including phenoxy) is 1. The van der Waals surface area contributed by atoms with Crippen molar-refractivity contribution in [2.75, 3.05) is 13.2 Å². The SMILES string of the molecule is O=C(COc1ccc(F)cc1)NCC(c1ccccc1)c1ccccc1. The lowest BCUT2D eigenvalue weighted by atomic mass is 9.91.